The van der Waals surface area contributed by atoms with Crippen LogP contribution in [0.2, 0.25) is 5.02 Å². The van der Waals surface area contributed by atoms with Crippen LogP contribution in [0.4, 0.5) is 5.69 Å². The van der Waals surface area contributed by atoms with Gasteiger partial charge in [-0.25, -0.2) is 8.42 Å². The Morgan fingerprint density at radius 1 is 1.37 bits per heavy atom. The van der Waals surface area contributed by atoms with Gasteiger partial charge in [0.2, 0.25) is 0 Å². The number of benzene rings is 1. The first-order valence-electron chi connectivity index (χ1n) is 5.39. The number of halogens is 1. The van der Waals surface area contributed by atoms with Crippen molar-refractivity contribution in [2.75, 3.05) is 4.72 Å². The van der Waals surface area contributed by atoms with Crippen molar-refractivity contribution in [3.63, 3.8) is 0 Å². The highest BCUT2D eigenvalue weighted by atomic mass is 35.5. The van der Waals surface area contributed by atoms with Crippen molar-refractivity contribution in [2.45, 2.75) is 17.7 Å². The molecule has 4 nitrogen and oxygen atoms in total. The summed E-state index contributed by atoms with van der Waals surface area (Å²) in [6.45, 7) is 1.69. The van der Waals surface area contributed by atoms with E-state index in [0.717, 1.165) is 16.9 Å². The summed E-state index contributed by atoms with van der Waals surface area (Å²) in [6.07, 6.45) is 0. The van der Waals surface area contributed by atoms with Crippen LogP contribution in [0.5, 0.6) is 0 Å². The van der Waals surface area contributed by atoms with Gasteiger partial charge in [0.25, 0.3) is 10.0 Å². The number of hydrogen-bond donors (Lipinski definition) is 2. The monoisotopic (exact) mass is 317 g/mol. The van der Waals surface area contributed by atoms with Crippen LogP contribution in [0.3, 0.4) is 0 Å². The molecule has 0 aliphatic heterocycles. The van der Waals surface area contributed by atoms with Crippen molar-refractivity contribution >= 4 is 38.6 Å². The molecule has 0 bridgehead atoms. The maximum atomic E-state index is 12.1. The highest BCUT2D eigenvalue weighted by Gasteiger charge is 2.18. The number of aliphatic hydroxyl groups is 1. The molecule has 0 amide bonds. The number of thiophene rings is 1. The highest BCUT2D eigenvalue weighted by Crippen LogP contribution is 2.27. The summed E-state index contributed by atoms with van der Waals surface area (Å²) < 4.78 is 26.8. The van der Waals surface area contributed by atoms with Gasteiger partial charge in [0.1, 0.15) is 4.21 Å². The predicted octanol–water partition coefficient (Wildman–Crippen LogP) is 3.00. The third-order valence-corrected chi connectivity index (χ3v) is 5.61. The van der Waals surface area contributed by atoms with Crippen LogP contribution in [0, 0.1) is 6.92 Å². The van der Waals surface area contributed by atoms with E-state index in [2.05, 4.69) is 4.72 Å². The molecule has 0 aliphatic carbocycles. The molecule has 0 radical (unpaired) electrons. The van der Waals surface area contributed by atoms with Crippen LogP contribution in [-0.2, 0) is 16.6 Å². The Labute approximate surface area is 120 Å². The van der Waals surface area contributed by atoms with Crippen LogP contribution in [0.15, 0.2) is 33.9 Å². The molecule has 1 aromatic carbocycles. The Morgan fingerprint density at radius 3 is 2.68 bits per heavy atom. The van der Waals surface area contributed by atoms with E-state index in [4.69, 9.17) is 16.7 Å². The zero-order chi connectivity index (χ0) is 14.0. The molecule has 1 heterocycles. The third-order valence-electron chi connectivity index (χ3n) is 2.45. The molecule has 0 spiro atoms. The van der Waals surface area contributed by atoms with Gasteiger partial charge in [-0.1, -0.05) is 17.7 Å². The number of aryl methyl sites for hydroxylation is 1. The lowest BCUT2D eigenvalue weighted by Crippen LogP contribution is -2.11. The Bertz CT molecular complexity index is 695. The third kappa shape index (κ3) is 3.27. The molecule has 19 heavy (non-hydrogen) atoms. The molecule has 0 saturated carbocycles. The van der Waals surface area contributed by atoms with Gasteiger partial charge in [-0.15, -0.1) is 11.3 Å². The van der Waals surface area contributed by atoms with Gasteiger partial charge in [0, 0.05) is 0 Å². The van der Waals surface area contributed by atoms with E-state index in [0.29, 0.717) is 16.3 Å². The van der Waals surface area contributed by atoms with E-state index >= 15 is 0 Å². The summed E-state index contributed by atoms with van der Waals surface area (Å²) in [4.78, 5) is 0. The van der Waals surface area contributed by atoms with Crippen LogP contribution < -0.4 is 4.72 Å². The van der Waals surface area contributed by atoms with Crippen molar-refractivity contribution in [1.82, 2.24) is 0 Å². The summed E-state index contributed by atoms with van der Waals surface area (Å²) >= 11 is 7.05. The average molecular weight is 318 g/mol. The predicted molar refractivity (Wildman–Crippen MR) is 77.2 cm³/mol. The maximum absolute atomic E-state index is 12.1. The molecular weight excluding hydrogens is 306 g/mol. The van der Waals surface area contributed by atoms with Crippen molar-refractivity contribution in [2.24, 2.45) is 0 Å². The minimum atomic E-state index is -3.66. The standard InChI is InChI=1S/C12H12ClNO3S2/c1-8-2-3-11(10(13)4-8)14-19(16,17)12-5-9(6-15)7-18-12/h2-5,7,14-15H,6H2,1H3. The summed E-state index contributed by atoms with van der Waals surface area (Å²) in [5.41, 5.74) is 1.86. The zero-order valence-corrected chi connectivity index (χ0v) is 12.4. The Kier molecular flexibility index (Phi) is 4.15. The molecule has 0 unspecified atom stereocenters. The molecule has 2 aromatic rings. The van der Waals surface area contributed by atoms with Gasteiger partial charge in [-0.2, -0.15) is 0 Å². The van der Waals surface area contributed by atoms with Gasteiger partial charge in [-0.3, -0.25) is 4.72 Å². The lowest BCUT2D eigenvalue weighted by Gasteiger charge is -2.08. The van der Waals surface area contributed by atoms with Crippen molar-refractivity contribution in [1.29, 1.82) is 0 Å². The number of aliphatic hydroxyl groups excluding tert-OH is 1. The molecule has 102 valence electrons. The van der Waals surface area contributed by atoms with Crippen molar-refractivity contribution < 1.29 is 13.5 Å². The molecular formula is C12H12ClNO3S2. The maximum Gasteiger partial charge on any atom is 0.271 e. The van der Waals surface area contributed by atoms with Crippen molar-refractivity contribution in [3.05, 3.63) is 45.8 Å². The topological polar surface area (TPSA) is 66.4 Å². The first-order chi connectivity index (χ1) is 8.92. The fourth-order valence-corrected chi connectivity index (χ4v) is 4.09. The minimum Gasteiger partial charge on any atom is -0.392 e. The Morgan fingerprint density at radius 2 is 2.11 bits per heavy atom. The lowest BCUT2D eigenvalue weighted by atomic mass is 10.2. The lowest BCUT2D eigenvalue weighted by molar-refractivity contribution is 0.282. The molecule has 0 fully saturated rings. The first kappa shape index (κ1) is 14.3. The molecule has 0 saturated heterocycles. The first-order valence-corrected chi connectivity index (χ1v) is 8.14. The second-order valence-corrected chi connectivity index (χ2v) is 7.25. The number of anilines is 1. The second kappa shape index (κ2) is 5.50. The smallest absolute Gasteiger partial charge is 0.271 e. The van der Waals surface area contributed by atoms with Gasteiger partial charge in [-0.05, 0) is 41.6 Å². The highest BCUT2D eigenvalue weighted by molar-refractivity contribution is 7.94. The van der Waals surface area contributed by atoms with E-state index in [1.54, 1.807) is 23.6 Å². The molecule has 1 aromatic heterocycles. The summed E-state index contributed by atoms with van der Waals surface area (Å²) in [5, 5.41) is 10.9. The Balaban J connectivity index is 2.30. The van der Waals surface area contributed by atoms with E-state index in [1.807, 2.05) is 6.92 Å². The van der Waals surface area contributed by atoms with E-state index in [1.165, 1.54) is 6.07 Å². The van der Waals surface area contributed by atoms with Crippen LogP contribution in [-0.4, -0.2) is 13.5 Å². The van der Waals surface area contributed by atoms with Crippen molar-refractivity contribution in [3.8, 4) is 0 Å². The second-order valence-electron chi connectivity index (χ2n) is 4.02. The minimum absolute atomic E-state index is 0.146. The molecule has 2 N–H and O–H groups in total. The summed E-state index contributed by atoms with van der Waals surface area (Å²) in [6, 6.07) is 6.52. The van der Waals surface area contributed by atoms with E-state index in [-0.39, 0.29) is 10.8 Å². The fraction of sp³-hybridized carbons (Fsp3) is 0.167. The number of nitrogens with one attached hydrogen (secondary N) is 1. The normalized spacial score (nSPS) is 11.5. The summed E-state index contributed by atoms with van der Waals surface area (Å²) in [7, 11) is -3.66. The number of hydrogen-bond acceptors (Lipinski definition) is 4. The van der Waals surface area contributed by atoms with Crippen LogP contribution in [0.25, 0.3) is 0 Å². The molecule has 7 heteroatoms. The van der Waals surface area contributed by atoms with E-state index in [9.17, 15) is 8.42 Å². The summed E-state index contributed by atoms with van der Waals surface area (Å²) in [5.74, 6) is 0. The quantitative estimate of drug-likeness (QED) is 0.911. The van der Waals surface area contributed by atoms with Gasteiger partial charge >= 0.3 is 0 Å². The van der Waals surface area contributed by atoms with Gasteiger partial charge in [0.05, 0.1) is 17.3 Å². The van der Waals surface area contributed by atoms with Crippen LogP contribution in [0.1, 0.15) is 11.1 Å². The molecule has 0 atom stereocenters. The van der Waals surface area contributed by atoms with Gasteiger partial charge in [0.15, 0.2) is 0 Å². The average Bonchev–Trinajstić information content (AvgIpc) is 2.82. The number of rotatable bonds is 4. The SMILES string of the molecule is Cc1ccc(NS(=O)(=O)c2cc(CO)cs2)c(Cl)c1. The van der Waals surface area contributed by atoms with E-state index < -0.39 is 10.0 Å². The van der Waals surface area contributed by atoms with Crippen LogP contribution >= 0.6 is 22.9 Å². The fourth-order valence-electron chi connectivity index (χ4n) is 1.47. The molecule has 0 aliphatic rings. The van der Waals surface area contributed by atoms with Gasteiger partial charge < -0.3 is 5.11 Å². The Hall–Kier alpha value is -1.08. The molecule has 2 rings (SSSR count). The largest absolute Gasteiger partial charge is 0.392 e. The zero-order valence-electron chi connectivity index (χ0n) is 10.1. The number of sulfonamides is 1.